The fraction of sp³-hybridized carbons (Fsp3) is 0.429. The van der Waals surface area contributed by atoms with Crippen LogP contribution < -0.4 is 9.04 Å². The lowest BCUT2D eigenvalue weighted by Gasteiger charge is -2.23. The number of benzene rings is 2. The van der Waals surface area contributed by atoms with Gasteiger partial charge in [0.2, 0.25) is 10.0 Å². The molecule has 0 aromatic heterocycles. The van der Waals surface area contributed by atoms with Crippen LogP contribution in [0.4, 0.5) is 5.69 Å². The molecule has 30 heavy (non-hydrogen) atoms. The third-order valence-electron chi connectivity index (χ3n) is 5.40. The van der Waals surface area contributed by atoms with Crippen molar-refractivity contribution in [2.45, 2.75) is 42.9 Å². The third kappa shape index (κ3) is 3.70. The van der Waals surface area contributed by atoms with Crippen LogP contribution in [0, 0.1) is 6.92 Å². The summed E-state index contributed by atoms with van der Waals surface area (Å²) >= 11 is 0. The van der Waals surface area contributed by atoms with Gasteiger partial charge in [-0.25, -0.2) is 21.1 Å². The van der Waals surface area contributed by atoms with Crippen molar-refractivity contribution in [1.29, 1.82) is 0 Å². The Morgan fingerprint density at radius 1 is 1.07 bits per heavy atom. The second-order valence-corrected chi connectivity index (χ2v) is 11.9. The summed E-state index contributed by atoms with van der Waals surface area (Å²) < 4.78 is 59.9. The van der Waals surface area contributed by atoms with E-state index < -0.39 is 20.0 Å². The summed E-state index contributed by atoms with van der Waals surface area (Å²) in [6, 6.07) is 8.06. The number of anilines is 1. The van der Waals surface area contributed by atoms with Crippen LogP contribution in [-0.2, 0) is 26.5 Å². The molecule has 164 valence electrons. The van der Waals surface area contributed by atoms with Crippen molar-refractivity contribution < 1.29 is 21.6 Å². The standard InChI is InChI=1S/C21H28N2O5S2/c1-14(2)18-13-21(15(3)11-20(18)28-6)30(26,27)23-10-9-16-12-17(7-8-19(16)23)29(24,25)22(4)5/h7-8,11-14H,9-10H2,1-6H3. The molecule has 2 aromatic rings. The number of ether oxygens (including phenoxy) is 1. The number of fused-ring (bicyclic) bond motifs is 1. The van der Waals surface area contributed by atoms with Gasteiger partial charge in [0.15, 0.2) is 0 Å². The maximum Gasteiger partial charge on any atom is 0.264 e. The van der Waals surface area contributed by atoms with E-state index in [1.54, 1.807) is 38.3 Å². The molecule has 1 aliphatic heterocycles. The zero-order valence-corrected chi connectivity index (χ0v) is 19.8. The van der Waals surface area contributed by atoms with E-state index in [1.165, 1.54) is 24.5 Å². The summed E-state index contributed by atoms with van der Waals surface area (Å²) in [7, 11) is -2.88. The Hall–Kier alpha value is -2.10. The Morgan fingerprint density at radius 3 is 2.30 bits per heavy atom. The molecule has 0 unspecified atom stereocenters. The van der Waals surface area contributed by atoms with Crippen LogP contribution in [-0.4, -0.2) is 48.9 Å². The average Bonchev–Trinajstić information content (AvgIpc) is 3.11. The number of aryl methyl sites for hydroxylation is 1. The zero-order valence-electron chi connectivity index (χ0n) is 18.1. The Bertz CT molecular complexity index is 1190. The molecule has 0 N–H and O–H groups in total. The first-order valence-electron chi connectivity index (χ1n) is 9.68. The molecule has 0 saturated carbocycles. The minimum atomic E-state index is -3.81. The second-order valence-electron chi connectivity index (χ2n) is 7.92. The van der Waals surface area contributed by atoms with E-state index in [-0.39, 0.29) is 22.3 Å². The van der Waals surface area contributed by atoms with Crippen LogP contribution in [0.3, 0.4) is 0 Å². The number of methoxy groups -OCH3 is 1. The van der Waals surface area contributed by atoms with Crippen molar-refractivity contribution in [3.8, 4) is 5.75 Å². The molecule has 9 heteroatoms. The molecule has 1 heterocycles. The molecule has 0 radical (unpaired) electrons. The van der Waals surface area contributed by atoms with E-state index in [0.717, 1.165) is 9.87 Å². The van der Waals surface area contributed by atoms with Gasteiger partial charge in [-0.05, 0) is 66.3 Å². The van der Waals surface area contributed by atoms with Gasteiger partial charge in [0, 0.05) is 20.6 Å². The third-order valence-corrected chi connectivity index (χ3v) is 9.17. The molecule has 2 aromatic carbocycles. The molecule has 0 amide bonds. The number of hydrogen-bond acceptors (Lipinski definition) is 5. The van der Waals surface area contributed by atoms with Gasteiger partial charge in [-0.15, -0.1) is 0 Å². The van der Waals surface area contributed by atoms with E-state index in [1.807, 2.05) is 13.8 Å². The monoisotopic (exact) mass is 452 g/mol. The smallest absolute Gasteiger partial charge is 0.264 e. The minimum Gasteiger partial charge on any atom is -0.496 e. The van der Waals surface area contributed by atoms with Gasteiger partial charge in [-0.1, -0.05) is 13.8 Å². The maximum atomic E-state index is 13.5. The van der Waals surface area contributed by atoms with Crippen LogP contribution >= 0.6 is 0 Å². The van der Waals surface area contributed by atoms with E-state index >= 15 is 0 Å². The largest absolute Gasteiger partial charge is 0.496 e. The highest BCUT2D eigenvalue weighted by atomic mass is 32.2. The lowest BCUT2D eigenvalue weighted by Crippen LogP contribution is -2.30. The highest BCUT2D eigenvalue weighted by Gasteiger charge is 2.33. The van der Waals surface area contributed by atoms with Crippen molar-refractivity contribution in [3.05, 3.63) is 47.0 Å². The molecule has 0 fully saturated rings. The summed E-state index contributed by atoms with van der Waals surface area (Å²) in [5.41, 5.74) is 2.66. The van der Waals surface area contributed by atoms with Gasteiger partial charge in [0.1, 0.15) is 5.75 Å². The van der Waals surface area contributed by atoms with E-state index in [2.05, 4.69) is 0 Å². The van der Waals surface area contributed by atoms with Crippen molar-refractivity contribution in [1.82, 2.24) is 4.31 Å². The Balaban J connectivity index is 2.08. The molecule has 0 spiro atoms. The Morgan fingerprint density at radius 2 is 1.73 bits per heavy atom. The van der Waals surface area contributed by atoms with Crippen molar-refractivity contribution in [2.24, 2.45) is 0 Å². The highest BCUT2D eigenvalue weighted by molar-refractivity contribution is 7.93. The molecule has 0 bridgehead atoms. The lowest BCUT2D eigenvalue weighted by molar-refractivity contribution is 0.406. The molecular formula is C21H28N2O5S2. The predicted octanol–water partition coefficient (Wildman–Crippen LogP) is 3.13. The SMILES string of the molecule is COc1cc(C)c(S(=O)(=O)N2CCc3cc(S(=O)(=O)N(C)C)ccc32)cc1C(C)C. The normalized spacial score (nSPS) is 14.5. The maximum absolute atomic E-state index is 13.5. The minimum absolute atomic E-state index is 0.0964. The first-order valence-corrected chi connectivity index (χ1v) is 12.6. The molecule has 0 aliphatic carbocycles. The Labute approximate surface area is 179 Å². The number of hydrogen-bond donors (Lipinski definition) is 0. The second kappa shape index (κ2) is 7.86. The summed E-state index contributed by atoms with van der Waals surface area (Å²) in [6.07, 6.45) is 0.456. The van der Waals surface area contributed by atoms with Gasteiger partial charge in [-0.2, -0.15) is 0 Å². The number of sulfonamides is 2. The summed E-state index contributed by atoms with van der Waals surface area (Å²) in [5, 5.41) is 0. The van der Waals surface area contributed by atoms with Crippen molar-refractivity contribution in [3.63, 3.8) is 0 Å². The van der Waals surface area contributed by atoms with Gasteiger partial charge in [0.25, 0.3) is 10.0 Å². The van der Waals surface area contributed by atoms with Crippen LogP contribution in [0.15, 0.2) is 40.1 Å². The van der Waals surface area contributed by atoms with Gasteiger partial charge in [-0.3, -0.25) is 4.31 Å². The fourth-order valence-corrected chi connectivity index (χ4v) is 6.37. The van der Waals surface area contributed by atoms with Crippen LogP contribution in [0.1, 0.15) is 36.5 Å². The molecular weight excluding hydrogens is 424 g/mol. The number of nitrogens with zero attached hydrogens (tertiary/aromatic N) is 2. The molecule has 1 aliphatic rings. The zero-order chi connectivity index (χ0) is 22.4. The molecule has 0 saturated heterocycles. The van der Waals surface area contributed by atoms with Crippen molar-refractivity contribution >= 4 is 25.7 Å². The quantitative estimate of drug-likeness (QED) is 0.672. The predicted molar refractivity (Wildman–Crippen MR) is 117 cm³/mol. The van der Waals surface area contributed by atoms with Gasteiger partial charge < -0.3 is 4.74 Å². The van der Waals surface area contributed by atoms with Crippen molar-refractivity contribution in [2.75, 3.05) is 32.1 Å². The molecule has 0 atom stereocenters. The highest BCUT2D eigenvalue weighted by Crippen LogP contribution is 2.38. The summed E-state index contributed by atoms with van der Waals surface area (Å²) in [4.78, 5) is 0.401. The average molecular weight is 453 g/mol. The topological polar surface area (TPSA) is 84.0 Å². The summed E-state index contributed by atoms with van der Waals surface area (Å²) in [5.74, 6) is 0.765. The lowest BCUT2D eigenvalue weighted by atomic mass is 10.0. The fourth-order valence-electron chi connectivity index (χ4n) is 3.67. The summed E-state index contributed by atoms with van der Waals surface area (Å²) in [6.45, 7) is 6.00. The first-order chi connectivity index (χ1) is 13.9. The number of rotatable bonds is 6. The Kier molecular flexibility index (Phi) is 5.92. The van der Waals surface area contributed by atoms with Gasteiger partial charge in [0.05, 0.1) is 22.6 Å². The van der Waals surface area contributed by atoms with E-state index in [9.17, 15) is 16.8 Å². The first kappa shape index (κ1) is 22.6. The van der Waals surface area contributed by atoms with Crippen LogP contribution in [0.5, 0.6) is 5.75 Å². The molecule has 7 nitrogen and oxygen atoms in total. The van der Waals surface area contributed by atoms with Crippen LogP contribution in [0.25, 0.3) is 0 Å². The van der Waals surface area contributed by atoms with Gasteiger partial charge >= 0.3 is 0 Å². The molecule has 3 rings (SSSR count). The van der Waals surface area contributed by atoms with E-state index in [4.69, 9.17) is 4.74 Å². The van der Waals surface area contributed by atoms with Crippen LogP contribution in [0.2, 0.25) is 0 Å². The van der Waals surface area contributed by atoms with E-state index in [0.29, 0.717) is 29.0 Å².